The van der Waals surface area contributed by atoms with Crippen molar-refractivity contribution in [3.05, 3.63) is 48.0 Å². The highest BCUT2D eigenvalue weighted by molar-refractivity contribution is 5.77. The van der Waals surface area contributed by atoms with Crippen LogP contribution < -0.4 is 19.9 Å². The average Bonchev–Trinajstić information content (AvgIpc) is 2.89. The molecule has 2 aliphatic heterocycles. The van der Waals surface area contributed by atoms with Crippen molar-refractivity contribution in [3.63, 3.8) is 0 Å². The number of hydrogen-bond donors (Lipinski definition) is 1. The van der Waals surface area contributed by atoms with Gasteiger partial charge in [0, 0.05) is 65.3 Å². The lowest BCUT2D eigenvalue weighted by Gasteiger charge is -2.36. The van der Waals surface area contributed by atoms with E-state index in [2.05, 4.69) is 58.3 Å². The molecule has 4 rings (SSSR count). The summed E-state index contributed by atoms with van der Waals surface area (Å²) in [6.45, 7) is 10.6. The molecular weight excluding hydrogens is 438 g/mol. The molecule has 35 heavy (non-hydrogen) atoms. The van der Waals surface area contributed by atoms with Gasteiger partial charge in [-0.25, -0.2) is 0 Å². The van der Waals surface area contributed by atoms with E-state index in [0.29, 0.717) is 6.42 Å². The SMILES string of the molecule is COc1ccccc1N1CCN(C(=O)CCCCNc2cccc(C)c2N2CCN(C)CC2)CC1. The monoisotopic (exact) mass is 479 g/mol. The van der Waals surface area contributed by atoms with Crippen molar-refractivity contribution >= 4 is 23.0 Å². The second-order valence-corrected chi connectivity index (χ2v) is 9.68. The van der Waals surface area contributed by atoms with Gasteiger partial charge in [-0.1, -0.05) is 24.3 Å². The number of nitrogens with one attached hydrogen (secondary N) is 1. The van der Waals surface area contributed by atoms with Crippen LogP contribution in [0.15, 0.2) is 42.5 Å². The molecule has 2 heterocycles. The number of benzene rings is 2. The Morgan fingerprint density at radius 3 is 2.34 bits per heavy atom. The van der Waals surface area contributed by atoms with Crippen LogP contribution in [0.5, 0.6) is 5.75 Å². The Morgan fingerprint density at radius 2 is 1.60 bits per heavy atom. The predicted molar refractivity (Wildman–Crippen MR) is 145 cm³/mol. The van der Waals surface area contributed by atoms with E-state index in [1.807, 2.05) is 23.1 Å². The zero-order valence-corrected chi connectivity index (χ0v) is 21.6. The maximum atomic E-state index is 12.8. The Balaban J connectivity index is 1.19. The third-order valence-electron chi connectivity index (χ3n) is 7.25. The number of anilines is 3. The standard InChI is InChI=1S/C28H41N5O2/c1-23-9-8-10-24(28(23)33-17-15-30(2)16-18-33)29-14-7-6-13-27(34)32-21-19-31(20-22-32)25-11-4-5-12-26(25)35-3/h4-5,8-12,29H,6-7,13-22H2,1-3H3. The first-order valence-corrected chi connectivity index (χ1v) is 13.0. The molecule has 2 aliphatic rings. The number of para-hydroxylation sites is 3. The number of nitrogens with zero attached hydrogens (tertiary/aromatic N) is 4. The van der Waals surface area contributed by atoms with Crippen molar-refractivity contribution in [2.75, 3.05) is 88.2 Å². The van der Waals surface area contributed by atoms with E-state index in [1.54, 1.807) is 7.11 Å². The molecule has 2 saturated heterocycles. The molecule has 2 aromatic carbocycles. The molecule has 0 aliphatic carbocycles. The zero-order valence-electron chi connectivity index (χ0n) is 21.6. The van der Waals surface area contributed by atoms with Crippen LogP contribution in [-0.2, 0) is 4.79 Å². The molecule has 0 saturated carbocycles. The van der Waals surface area contributed by atoms with Gasteiger partial charge in [-0.15, -0.1) is 0 Å². The quantitative estimate of drug-likeness (QED) is 0.554. The van der Waals surface area contributed by atoms with E-state index in [0.717, 1.165) is 83.2 Å². The highest BCUT2D eigenvalue weighted by Gasteiger charge is 2.23. The van der Waals surface area contributed by atoms with E-state index in [-0.39, 0.29) is 5.91 Å². The lowest BCUT2D eigenvalue weighted by molar-refractivity contribution is -0.131. The molecule has 0 spiro atoms. The first-order valence-electron chi connectivity index (χ1n) is 13.0. The van der Waals surface area contributed by atoms with Gasteiger partial charge in [0.1, 0.15) is 5.75 Å². The fraction of sp³-hybridized carbons (Fsp3) is 0.536. The minimum atomic E-state index is 0.276. The average molecular weight is 480 g/mol. The summed E-state index contributed by atoms with van der Waals surface area (Å²) in [6, 6.07) is 14.6. The summed E-state index contributed by atoms with van der Waals surface area (Å²) in [6.07, 6.45) is 2.52. The fourth-order valence-corrected chi connectivity index (χ4v) is 5.12. The van der Waals surface area contributed by atoms with E-state index in [9.17, 15) is 4.79 Å². The summed E-state index contributed by atoms with van der Waals surface area (Å²) in [4.78, 5) is 22.0. The van der Waals surface area contributed by atoms with E-state index in [1.165, 1.54) is 16.9 Å². The van der Waals surface area contributed by atoms with Crippen LogP contribution >= 0.6 is 0 Å². The summed E-state index contributed by atoms with van der Waals surface area (Å²) in [5, 5.41) is 3.65. The first-order chi connectivity index (χ1) is 17.1. The van der Waals surface area contributed by atoms with Gasteiger partial charge in [-0.05, 0) is 50.6 Å². The second-order valence-electron chi connectivity index (χ2n) is 9.68. The Bertz CT molecular complexity index is 966. The molecule has 0 bridgehead atoms. The van der Waals surface area contributed by atoms with Crippen LogP contribution in [0.4, 0.5) is 17.1 Å². The number of methoxy groups -OCH3 is 1. The van der Waals surface area contributed by atoms with Crippen LogP contribution in [0.25, 0.3) is 0 Å². The largest absolute Gasteiger partial charge is 0.495 e. The Kier molecular flexibility index (Phi) is 8.74. The summed E-state index contributed by atoms with van der Waals surface area (Å²) < 4.78 is 5.50. The first kappa shape index (κ1) is 25.2. The summed E-state index contributed by atoms with van der Waals surface area (Å²) in [7, 11) is 3.90. The predicted octanol–water partition coefficient (Wildman–Crippen LogP) is 3.69. The smallest absolute Gasteiger partial charge is 0.222 e. The summed E-state index contributed by atoms with van der Waals surface area (Å²) in [5.41, 5.74) is 4.99. The highest BCUT2D eigenvalue weighted by atomic mass is 16.5. The minimum absolute atomic E-state index is 0.276. The number of unbranched alkanes of at least 4 members (excludes halogenated alkanes) is 1. The molecule has 7 heteroatoms. The molecular formula is C28H41N5O2. The third-order valence-corrected chi connectivity index (χ3v) is 7.25. The van der Waals surface area contributed by atoms with Gasteiger partial charge in [0.05, 0.1) is 24.2 Å². The zero-order chi connectivity index (χ0) is 24.6. The highest BCUT2D eigenvalue weighted by Crippen LogP contribution is 2.31. The fourth-order valence-electron chi connectivity index (χ4n) is 5.12. The lowest BCUT2D eigenvalue weighted by atomic mass is 10.1. The van der Waals surface area contributed by atoms with Gasteiger partial charge in [0.25, 0.3) is 0 Å². The van der Waals surface area contributed by atoms with Gasteiger partial charge < -0.3 is 29.7 Å². The van der Waals surface area contributed by atoms with Crippen molar-refractivity contribution < 1.29 is 9.53 Å². The van der Waals surface area contributed by atoms with E-state index >= 15 is 0 Å². The number of carbonyl (C=O) groups is 1. The van der Waals surface area contributed by atoms with Crippen LogP contribution in [0.1, 0.15) is 24.8 Å². The summed E-state index contributed by atoms with van der Waals surface area (Å²) >= 11 is 0. The van der Waals surface area contributed by atoms with Crippen molar-refractivity contribution in [2.45, 2.75) is 26.2 Å². The van der Waals surface area contributed by atoms with Gasteiger partial charge >= 0.3 is 0 Å². The van der Waals surface area contributed by atoms with Crippen molar-refractivity contribution in [1.29, 1.82) is 0 Å². The lowest BCUT2D eigenvalue weighted by Crippen LogP contribution is -2.48. The van der Waals surface area contributed by atoms with Crippen LogP contribution in [0.3, 0.4) is 0 Å². The van der Waals surface area contributed by atoms with Gasteiger partial charge in [0.15, 0.2) is 0 Å². The van der Waals surface area contributed by atoms with Crippen LogP contribution in [0, 0.1) is 6.92 Å². The number of carbonyl (C=O) groups excluding carboxylic acids is 1. The van der Waals surface area contributed by atoms with Crippen molar-refractivity contribution in [2.24, 2.45) is 0 Å². The van der Waals surface area contributed by atoms with Gasteiger partial charge in [-0.3, -0.25) is 4.79 Å². The minimum Gasteiger partial charge on any atom is -0.495 e. The van der Waals surface area contributed by atoms with E-state index in [4.69, 9.17) is 4.74 Å². The molecule has 0 atom stereocenters. The molecule has 0 aromatic heterocycles. The molecule has 7 nitrogen and oxygen atoms in total. The Hall–Kier alpha value is -2.93. The molecule has 0 unspecified atom stereocenters. The molecule has 2 aromatic rings. The molecule has 1 N–H and O–H groups in total. The third kappa shape index (κ3) is 6.40. The number of aryl methyl sites for hydroxylation is 1. The number of hydrogen-bond acceptors (Lipinski definition) is 6. The van der Waals surface area contributed by atoms with E-state index < -0.39 is 0 Å². The summed E-state index contributed by atoms with van der Waals surface area (Å²) in [5.74, 6) is 1.17. The Labute approximate surface area is 210 Å². The second kappa shape index (κ2) is 12.2. The number of amides is 1. The topological polar surface area (TPSA) is 51.3 Å². The maximum Gasteiger partial charge on any atom is 0.222 e. The van der Waals surface area contributed by atoms with Crippen molar-refractivity contribution in [1.82, 2.24) is 9.80 Å². The molecule has 0 radical (unpaired) electrons. The molecule has 2 fully saturated rings. The van der Waals surface area contributed by atoms with Crippen LogP contribution in [0.2, 0.25) is 0 Å². The Morgan fingerprint density at radius 1 is 0.886 bits per heavy atom. The molecule has 1 amide bonds. The number of rotatable bonds is 9. The normalized spacial score (nSPS) is 16.9. The molecule has 190 valence electrons. The number of piperazine rings is 2. The van der Waals surface area contributed by atoms with Gasteiger partial charge in [0.2, 0.25) is 5.91 Å². The number of ether oxygens (including phenoxy) is 1. The van der Waals surface area contributed by atoms with Gasteiger partial charge in [-0.2, -0.15) is 0 Å². The maximum absolute atomic E-state index is 12.8. The number of likely N-dealkylation sites (N-methyl/N-ethyl adjacent to an activating group) is 1. The van der Waals surface area contributed by atoms with Crippen molar-refractivity contribution in [3.8, 4) is 5.75 Å². The van der Waals surface area contributed by atoms with Crippen LogP contribution in [-0.4, -0.2) is 88.8 Å².